The lowest BCUT2D eigenvalue weighted by Gasteiger charge is -2.10. The van der Waals surface area contributed by atoms with E-state index in [0.29, 0.717) is 12.0 Å². The molecule has 1 rings (SSSR count). The van der Waals surface area contributed by atoms with E-state index in [4.69, 9.17) is 11.6 Å². The maximum atomic E-state index is 11.2. The van der Waals surface area contributed by atoms with Crippen LogP contribution in [0.15, 0.2) is 6.07 Å². The number of carbonyl (C=O) groups is 1. The second-order valence-electron chi connectivity index (χ2n) is 3.39. The zero-order valence-corrected chi connectivity index (χ0v) is 9.43. The van der Waals surface area contributed by atoms with Gasteiger partial charge in [0, 0.05) is 5.56 Å². The molecule has 0 amide bonds. The third kappa shape index (κ3) is 2.23. The Kier molecular flexibility index (Phi) is 3.58. The molecule has 0 radical (unpaired) electrons. The van der Waals surface area contributed by atoms with Crippen molar-refractivity contribution in [3.8, 4) is 11.5 Å². The van der Waals surface area contributed by atoms with Gasteiger partial charge in [-0.25, -0.2) is 0 Å². The van der Waals surface area contributed by atoms with Gasteiger partial charge in [0.1, 0.15) is 11.5 Å². The van der Waals surface area contributed by atoms with Gasteiger partial charge >= 0.3 is 0 Å². The standard InChI is InChI=1S/C11H13ClO3/c1-3-4-7-10(14)8(6(2)13)5-9(12)11(7)15/h5,14-15H,3-4H2,1-2H3. The summed E-state index contributed by atoms with van der Waals surface area (Å²) in [6.07, 6.45) is 1.23. The molecule has 0 aliphatic rings. The van der Waals surface area contributed by atoms with Gasteiger partial charge in [-0.15, -0.1) is 0 Å². The number of ketones is 1. The lowest BCUT2D eigenvalue weighted by Crippen LogP contribution is -1.97. The van der Waals surface area contributed by atoms with Crippen molar-refractivity contribution in [1.82, 2.24) is 0 Å². The number of halogens is 1. The smallest absolute Gasteiger partial charge is 0.163 e. The second kappa shape index (κ2) is 4.53. The first kappa shape index (κ1) is 11.9. The molecule has 0 aliphatic heterocycles. The summed E-state index contributed by atoms with van der Waals surface area (Å²) >= 11 is 5.76. The molecule has 0 aromatic heterocycles. The van der Waals surface area contributed by atoms with Gasteiger partial charge in [-0.1, -0.05) is 24.9 Å². The minimum absolute atomic E-state index is 0.0986. The van der Waals surface area contributed by atoms with Crippen LogP contribution in [0, 0.1) is 0 Å². The first-order valence-corrected chi connectivity index (χ1v) is 5.11. The Balaban J connectivity index is 3.41. The van der Waals surface area contributed by atoms with Crippen LogP contribution in [0.2, 0.25) is 5.02 Å². The fourth-order valence-corrected chi connectivity index (χ4v) is 1.66. The highest BCUT2D eigenvalue weighted by Crippen LogP contribution is 2.37. The van der Waals surface area contributed by atoms with Crippen molar-refractivity contribution in [2.75, 3.05) is 0 Å². The summed E-state index contributed by atoms with van der Waals surface area (Å²) in [4.78, 5) is 11.2. The van der Waals surface area contributed by atoms with E-state index in [9.17, 15) is 15.0 Å². The first-order valence-electron chi connectivity index (χ1n) is 4.73. The molecule has 0 aliphatic carbocycles. The van der Waals surface area contributed by atoms with Crippen LogP contribution in [-0.2, 0) is 6.42 Å². The highest BCUT2D eigenvalue weighted by molar-refractivity contribution is 6.32. The van der Waals surface area contributed by atoms with E-state index in [1.807, 2.05) is 6.92 Å². The van der Waals surface area contributed by atoms with Gasteiger partial charge in [0.25, 0.3) is 0 Å². The molecular weight excluding hydrogens is 216 g/mol. The monoisotopic (exact) mass is 228 g/mol. The van der Waals surface area contributed by atoms with Crippen molar-refractivity contribution in [2.45, 2.75) is 26.7 Å². The molecule has 2 N–H and O–H groups in total. The Hall–Kier alpha value is -1.22. The molecule has 0 bridgehead atoms. The van der Waals surface area contributed by atoms with Crippen LogP contribution in [0.25, 0.3) is 0 Å². The molecule has 3 nitrogen and oxygen atoms in total. The number of hydrogen-bond donors (Lipinski definition) is 2. The first-order chi connectivity index (χ1) is 6.99. The molecule has 82 valence electrons. The average Bonchev–Trinajstić information content (AvgIpc) is 2.18. The van der Waals surface area contributed by atoms with E-state index in [1.165, 1.54) is 13.0 Å². The number of benzene rings is 1. The number of aromatic hydroxyl groups is 2. The summed E-state index contributed by atoms with van der Waals surface area (Å²) in [5.74, 6) is -0.570. The van der Waals surface area contributed by atoms with Crippen LogP contribution >= 0.6 is 11.6 Å². The number of Topliss-reactive ketones (excluding diaryl/α,β-unsaturated/α-hetero) is 1. The van der Waals surface area contributed by atoms with E-state index in [-0.39, 0.29) is 27.9 Å². The molecule has 1 aromatic carbocycles. The van der Waals surface area contributed by atoms with Gasteiger partial charge in [-0.3, -0.25) is 4.79 Å². The largest absolute Gasteiger partial charge is 0.507 e. The number of phenolic OH excluding ortho intramolecular Hbond substituents is 2. The highest BCUT2D eigenvalue weighted by atomic mass is 35.5. The average molecular weight is 229 g/mol. The Bertz CT molecular complexity index is 399. The molecule has 0 saturated heterocycles. The molecular formula is C11H13ClO3. The summed E-state index contributed by atoms with van der Waals surface area (Å²) in [5.41, 5.74) is 0.497. The van der Waals surface area contributed by atoms with E-state index in [0.717, 1.165) is 6.42 Å². The predicted molar refractivity (Wildman–Crippen MR) is 58.8 cm³/mol. The van der Waals surface area contributed by atoms with E-state index in [2.05, 4.69) is 0 Å². The normalized spacial score (nSPS) is 10.3. The number of carbonyl (C=O) groups excluding carboxylic acids is 1. The summed E-state index contributed by atoms with van der Waals surface area (Å²) in [6, 6.07) is 1.29. The van der Waals surface area contributed by atoms with E-state index in [1.54, 1.807) is 0 Å². The molecule has 0 heterocycles. The topological polar surface area (TPSA) is 57.5 Å². The van der Waals surface area contributed by atoms with Gasteiger partial charge < -0.3 is 10.2 Å². The SMILES string of the molecule is CCCc1c(O)c(Cl)cc(C(C)=O)c1O. The predicted octanol–water partition coefficient (Wildman–Crippen LogP) is 2.91. The minimum atomic E-state index is -0.272. The number of phenols is 2. The summed E-state index contributed by atoms with van der Waals surface area (Å²) in [6.45, 7) is 3.26. The Morgan fingerprint density at radius 1 is 1.40 bits per heavy atom. The van der Waals surface area contributed by atoms with Crippen LogP contribution in [0.4, 0.5) is 0 Å². The Morgan fingerprint density at radius 3 is 2.47 bits per heavy atom. The second-order valence-corrected chi connectivity index (χ2v) is 3.80. The highest BCUT2D eigenvalue weighted by Gasteiger charge is 2.17. The van der Waals surface area contributed by atoms with Crippen LogP contribution < -0.4 is 0 Å². The minimum Gasteiger partial charge on any atom is -0.507 e. The zero-order valence-electron chi connectivity index (χ0n) is 8.67. The molecule has 4 heteroatoms. The van der Waals surface area contributed by atoms with Crippen molar-refractivity contribution < 1.29 is 15.0 Å². The molecule has 0 fully saturated rings. The molecule has 0 atom stereocenters. The maximum absolute atomic E-state index is 11.2. The van der Waals surface area contributed by atoms with Crippen molar-refractivity contribution >= 4 is 17.4 Å². The third-order valence-electron chi connectivity index (χ3n) is 2.20. The summed E-state index contributed by atoms with van der Waals surface area (Å²) in [5, 5.41) is 19.5. The quantitative estimate of drug-likeness (QED) is 0.782. The van der Waals surface area contributed by atoms with Crippen LogP contribution in [0.1, 0.15) is 36.2 Å². The maximum Gasteiger partial charge on any atom is 0.163 e. The fourth-order valence-electron chi connectivity index (χ4n) is 1.44. The zero-order chi connectivity index (χ0) is 11.6. The molecule has 0 spiro atoms. The van der Waals surface area contributed by atoms with E-state index < -0.39 is 0 Å². The third-order valence-corrected chi connectivity index (χ3v) is 2.49. The van der Waals surface area contributed by atoms with Gasteiger partial charge in [-0.2, -0.15) is 0 Å². The van der Waals surface area contributed by atoms with Gasteiger partial charge in [0.05, 0.1) is 10.6 Å². The lowest BCUT2D eigenvalue weighted by molar-refractivity contribution is 0.101. The molecule has 0 saturated carbocycles. The van der Waals surface area contributed by atoms with Crippen molar-refractivity contribution in [3.63, 3.8) is 0 Å². The lowest BCUT2D eigenvalue weighted by atomic mass is 10.0. The Labute approximate surface area is 93.3 Å². The van der Waals surface area contributed by atoms with Crippen molar-refractivity contribution in [3.05, 3.63) is 22.2 Å². The van der Waals surface area contributed by atoms with Crippen LogP contribution in [-0.4, -0.2) is 16.0 Å². The van der Waals surface area contributed by atoms with Crippen LogP contribution in [0.5, 0.6) is 11.5 Å². The van der Waals surface area contributed by atoms with Crippen molar-refractivity contribution in [1.29, 1.82) is 0 Å². The van der Waals surface area contributed by atoms with Gasteiger partial charge in [-0.05, 0) is 19.4 Å². The van der Waals surface area contributed by atoms with E-state index >= 15 is 0 Å². The van der Waals surface area contributed by atoms with Crippen LogP contribution in [0.3, 0.4) is 0 Å². The van der Waals surface area contributed by atoms with Crippen molar-refractivity contribution in [2.24, 2.45) is 0 Å². The number of hydrogen-bond acceptors (Lipinski definition) is 3. The fraction of sp³-hybridized carbons (Fsp3) is 0.364. The molecule has 0 unspecified atom stereocenters. The van der Waals surface area contributed by atoms with Gasteiger partial charge in [0.2, 0.25) is 0 Å². The Morgan fingerprint density at radius 2 is 2.00 bits per heavy atom. The summed E-state index contributed by atoms with van der Waals surface area (Å²) < 4.78 is 0. The summed E-state index contributed by atoms with van der Waals surface area (Å²) in [7, 11) is 0. The molecule has 15 heavy (non-hydrogen) atoms. The molecule has 1 aromatic rings. The van der Waals surface area contributed by atoms with Gasteiger partial charge in [0.15, 0.2) is 5.78 Å². The number of rotatable bonds is 3.